The van der Waals surface area contributed by atoms with Gasteiger partial charge in [-0.2, -0.15) is 0 Å². The highest BCUT2D eigenvalue weighted by molar-refractivity contribution is 6.02. The molecule has 3 heterocycles. The SMILES string of the molecule is CN(CCc1ccncc1)c1ccc(NC(=O)c2ccco2)cn1. The molecule has 3 rings (SSSR count). The van der Waals surface area contributed by atoms with Gasteiger partial charge in [-0.3, -0.25) is 9.78 Å². The minimum absolute atomic E-state index is 0.272. The molecule has 3 aromatic rings. The van der Waals surface area contributed by atoms with Gasteiger partial charge in [0.2, 0.25) is 0 Å². The van der Waals surface area contributed by atoms with Crippen LogP contribution in [0.5, 0.6) is 0 Å². The summed E-state index contributed by atoms with van der Waals surface area (Å²) in [5.74, 6) is 0.828. The first kappa shape index (κ1) is 15.7. The Morgan fingerprint density at radius 2 is 2.04 bits per heavy atom. The van der Waals surface area contributed by atoms with Gasteiger partial charge in [0, 0.05) is 26.0 Å². The van der Waals surface area contributed by atoms with Crippen molar-refractivity contribution in [3.8, 4) is 0 Å². The summed E-state index contributed by atoms with van der Waals surface area (Å²) in [6.45, 7) is 0.842. The zero-order chi connectivity index (χ0) is 16.8. The summed E-state index contributed by atoms with van der Waals surface area (Å²) in [5, 5.41) is 2.75. The third kappa shape index (κ3) is 3.98. The summed E-state index contributed by atoms with van der Waals surface area (Å²) < 4.78 is 5.06. The van der Waals surface area contributed by atoms with Gasteiger partial charge in [0.15, 0.2) is 5.76 Å². The molecule has 24 heavy (non-hydrogen) atoms. The molecule has 6 nitrogen and oxygen atoms in total. The molecule has 0 aliphatic heterocycles. The second-order valence-electron chi connectivity index (χ2n) is 5.36. The van der Waals surface area contributed by atoms with Crippen LogP contribution in [0.25, 0.3) is 0 Å². The number of nitrogens with zero attached hydrogens (tertiary/aromatic N) is 3. The molecule has 0 aromatic carbocycles. The maximum Gasteiger partial charge on any atom is 0.291 e. The van der Waals surface area contributed by atoms with Crippen molar-refractivity contribution < 1.29 is 9.21 Å². The van der Waals surface area contributed by atoms with E-state index in [9.17, 15) is 4.79 Å². The minimum atomic E-state index is -0.291. The van der Waals surface area contributed by atoms with E-state index >= 15 is 0 Å². The molecule has 6 heteroatoms. The van der Waals surface area contributed by atoms with E-state index in [1.165, 1.54) is 11.8 Å². The quantitative estimate of drug-likeness (QED) is 0.755. The lowest BCUT2D eigenvalue weighted by Crippen LogP contribution is -2.21. The number of anilines is 2. The van der Waals surface area contributed by atoms with E-state index in [0.29, 0.717) is 5.69 Å². The van der Waals surface area contributed by atoms with Crippen LogP contribution in [0.15, 0.2) is 65.7 Å². The van der Waals surface area contributed by atoms with Crippen LogP contribution >= 0.6 is 0 Å². The van der Waals surface area contributed by atoms with Crippen molar-refractivity contribution in [2.75, 3.05) is 23.8 Å². The fourth-order valence-electron chi connectivity index (χ4n) is 2.25. The average molecular weight is 322 g/mol. The van der Waals surface area contributed by atoms with Crippen LogP contribution in [0.1, 0.15) is 16.1 Å². The molecule has 0 atom stereocenters. The Hall–Kier alpha value is -3.15. The van der Waals surface area contributed by atoms with Crippen molar-refractivity contribution in [3.63, 3.8) is 0 Å². The number of hydrogen-bond acceptors (Lipinski definition) is 5. The molecular formula is C18H18N4O2. The molecule has 0 aliphatic carbocycles. The largest absolute Gasteiger partial charge is 0.459 e. The molecule has 0 saturated heterocycles. The Balaban J connectivity index is 1.56. The minimum Gasteiger partial charge on any atom is -0.459 e. The number of hydrogen-bond donors (Lipinski definition) is 1. The first-order valence-corrected chi connectivity index (χ1v) is 7.63. The van der Waals surface area contributed by atoms with E-state index in [0.717, 1.165) is 18.8 Å². The number of amides is 1. The predicted octanol–water partition coefficient (Wildman–Crippen LogP) is 3.00. The smallest absolute Gasteiger partial charge is 0.291 e. The summed E-state index contributed by atoms with van der Waals surface area (Å²) in [4.78, 5) is 22.4. The van der Waals surface area contributed by atoms with Gasteiger partial charge in [-0.15, -0.1) is 0 Å². The lowest BCUT2D eigenvalue weighted by Gasteiger charge is -2.18. The first-order chi connectivity index (χ1) is 11.7. The van der Waals surface area contributed by atoms with Crippen molar-refractivity contribution in [3.05, 3.63) is 72.6 Å². The van der Waals surface area contributed by atoms with Crippen molar-refractivity contribution in [1.82, 2.24) is 9.97 Å². The molecule has 1 amide bonds. The Morgan fingerprint density at radius 3 is 2.71 bits per heavy atom. The zero-order valence-electron chi connectivity index (χ0n) is 13.3. The van der Waals surface area contributed by atoms with Gasteiger partial charge in [0.05, 0.1) is 18.1 Å². The average Bonchev–Trinajstić information content (AvgIpc) is 3.16. The Labute approximate surface area is 140 Å². The molecule has 3 aromatic heterocycles. The van der Waals surface area contributed by atoms with Crippen LogP contribution < -0.4 is 10.2 Å². The third-order valence-corrected chi connectivity index (χ3v) is 3.63. The maximum atomic E-state index is 11.9. The molecule has 0 radical (unpaired) electrons. The Bertz CT molecular complexity index is 771. The van der Waals surface area contributed by atoms with E-state index < -0.39 is 0 Å². The van der Waals surface area contributed by atoms with Gasteiger partial charge in [-0.25, -0.2) is 4.98 Å². The van der Waals surface area contributed by atoms with Gasteiger partial charge in [-0.05, 0) is 48.4 Å². The first-order valence-electron chi connectivity index (χ1n) is 7.63. The molecule has 0 saturated carbocycles. The summed E-state index contributed by atoms with van der Waals surface area (Å²) in [7, 11) is 1.99. The van der Waals surface area contributed by atoms with Crippen molar-refractivity contribution in [1.29, 1.82) is 0 Å². The van der Waals surface area contributed by atoms with E-state index in [2.05, 4.69) is 20.2 Å². The number of nitrogens with one attached hydrogen (secondary N) is 1. The second-order valence-corrected chi connectivity index (χ2v) is 5.36. The monoisotopic (exact) mass is 322 g/mol. The molecule has 0 bridgehead atoms. The fourth-order valence-corrected chi connectivity index (χ4v) is 2.25. The van der Waals surface area contributed by atoms with Gasteiger partial charge >= 0.3 is 0 Å². The standard InChI is InChI=1S/C18H18N4O2/c1-22(11-8-14-6-9-19-10-7-14)17-5-4-15(13-20-17)21-18(23)16-3-2-12-24-16/h2-7,9-10,12-13H,8,11H2,1H3,(H,21,23). The lowest BCUT2D eigenvalue weighted by atomic mass is 10.2. The summed E-state index contributed by atoms with van der Waals surface area (Å²) in [6.07, 6.45) is 7.61. The highest BCUT2D eigenvalue weighted by atomic mass is 16.3. The summed E-state index contributed by atoms with van der Waals surface area (Å²) >= 11 is 0. The maximum absolute atomic E-state index is 11.9. The topological polar surface area (TPSA) is 71.3 Å². The van der Waals surface area contributed by atoms with Gasteiger partial charge in [0.25, 0.3) is 5.91 Å². The molecule has 1 N–H and O–H groups in total. The normalized spacial score (nSPS) is 10.4. The van der Waals surface area contributed by atoms with E-state index in [-0.39, 0.29) is 11.7 Å². The number of aromatic nitrogens is 2. The van der Waals surface area contributed by atoms with Gasteiger partial charge in [-0.1, -0.05) is 0 Å². The van der Waals surface area contributed by atoms with Crippen molar-refractivity contribution in [2.45, 2.75) is 6.42 Å². The summed E-state index contributed by atoms with van der Waals surface area (Å²) in [6, 6.07) is 11.0. The molecular weight excluding hydrogens is 304 g/mol. The van der Waals surface area contributed by atoms with E-state index in [1.807, 2.05) is 31.3 Å². The van der Waals surface area contributed by atoms with Crippen LogP contribution in [0.4, 0.5) is 11.5 Å². The number of carbonyl (C=O) groups is 1. The van der Waals surface area contributed by atoms with E-state index in [4.69, 9.17) is 4.42 Å². The number of furan rings is 1. The highest BCUT2D eigenvalue weighted by Crippen LogP contribution is 2.14. The molecule has 0 unspecified atom stereocenters. The van der Waals surface area contributed by atoms with Gasteiger partial charge < -0.3 is 14.6 Å². The fraction of sp³-hybridized carbons (Fsp3) is 0.167. The molecule has 122 valence electrons. The second kappa shape index (κ2) is 7.41. The Kier molecular flexibility index (Phi) is 4.86. The number of carbonyl (C=O) groups excluding carboxylic acids is 1. The van der Waals surface area contributed by atoms with Crippen LogP contribution in [0.2, 0.25) is 0 Å². The van der Waals surface area contributed by atoms with Gasteiger partial charge in [0.1, 0.15) is 5.82 Å². The van der Waals surface area contributed by atoms with Crippen LogP contribution in [-0.2, 0) is 6.42 Å². The number of pyridine rings is 2. The number of likely N-dealkylation sites (N-methyl/N-ethyl adjacent to an activating group) is 1. The zero-order valence-corrected chi connectivity index (χ0v) is 13.3. The van der Waals surface area contributed by atoms with E-state index in [1.54, 1.807) is 30.7 Å². The lowest BCUT2D eigenvalue weighted by molar-refractivity contribution is 0.0996. The Morgan fingerprint density at radius 1 is 1.21 bits per heavy atom. The van der Waals surface area contributed by atoms with Crippen LogP contribution in [-0.4, -0.2) is 29.5 Å². The third-order valence-electron chi connectivity index (χ3n) is 3.63. The van der Waals surface area contributed by atoms with Crippen molar-refractivity contribution >= 4 is 17.4 Å². The molecule has 0 fully saturated rings. The number of rotatable bonds is 6. The van der Waals surface area contributed by atoms with Crippen LogP contribution in [0, 0.1) is 0 Å². The van der Waals surface area contributed by atoms with Crippen LogP contribution in [0.3, 0.4) is 0 Å². The highest BCUT2D eigenvalue weighted by Gasteiger charge is 2.09. The molecule has 0 spiro atoms. The summed E-state index contributed by atoms with van der Waals surface area (Å²) in [5.41, 5.74) is 1.86. The van der Waals surface area contributed by atoms with Crippen molar-refractivity contribution in [2.24, 2.45) is 0 Å². The predicted molar refractivity (Wildman–Crippen MR) is 92.1 cm³/mol. The molecule has 0 aliphatic rings.